The number of benzene rings is 2. The van der Waals surface area contributed by atoms with Gasteiger partial charge in [0.05, 0.1) is 6.54 Å². The lowest BCUT2D eigenvalue weighted by Crippen LogP contribution is -2.50. The van der Waals surface area contributed by atoms with E-state index in [-0.39, 0.29) is 19.0 Å². The lowest BCUT2D eigenvalue weighted by atomic mass is 10.0. The number of hydrogen-bond acceptors (Lipinski definition) is 6. The van der Waals surface area contributed by atoms with Gasteiger partial charge in [-0.05, 0) is 42.4 Å². The maximum atomic E-state index is 12.2. The Balaban J connectivity index is 2.04. The highest BCUT2D eigenvalue weighted by Crippen LogP contribution is 2.22. The molecule has 0 fully saturated rings. The Bertz CT molecular complexity index is 821. The van der Waals surface area contributed by atoms with E-state index in [2.05, 4.69) is 16.0 Å². The van der Waals surface area contributed by atoms with Crippen molar-refractivity contribution >= 4 is 23.4 Å². The fourth-order valence-electron chi connectivity index (χ4n) is 2.48. The molecule has 0 aliphatic heterocycles. The molecule has 7 N–H and O–H groups in total. The molecular weight excluding hydrogens is 362 g/mol. The Hall–Kier alpha value is -3.27. The first-order valence-electron chi connectivity index (χ1n) is 8.58. The van der Waals surface area contributed by atoms with Crippen LogP contribution in [0.3, 0.4) is 0 Å². The Morgan fingerprint density at radius 1 is 1.00 bits per heavy atom. The molecule has 0 bridgehead atoms. The van der Waals surface area contributed by atoms with Crippen molar-refractivity contribution in [1.82, 2.24) is 16.1 Å². The van der Waals surface area contributed by atoms with Gasteiger partial charge in [0, 0.05) is 17.8 Å². The van der Waals surface area contributed by atoms with Gasteiger partial charge in [-0.25, -0.2) is 5.48 Å². The van der Waals surface area contributed by atoms with Gasteiger partial charge in [-0.15, -0.1) is 0 Å². The van der Waals surface area contributed by atoms with E-state index in [0.29, 0.717) is 11.3 Å². The number of anilines is 1. The number of likely N-dealkylation sites (N-methyl/N-ethyl adjacent to an activating group) is 1. The smallest absolute Gasteiger partial charge is 0.267 e. The van der Waals surface area contributed by atoms with Crippen molar-refractivity contribution in [3.05, 3.63) is 54.1 Å². The monoisotopic (exact) mass is 385 g/mol. The second-order valence-electron chi connectivity index (χ2n) is 5.97. The van der Waals surface area contributed by atoms with Crippen molar-refractivity contribution < 1.29 is 19.6 Å². The maximum Gasteiger partial charge on any atom is 0.267 e. The Labute approximate surface area is 162 Å². The molecule has 0 radical (unpaired) electrons. The standard InChI is InChI=1S/C19H23N5O4/c1-21-11-17(25)22-15-8-6-13(7-9-15)12-2-4-14(5-3-12)18(26)23-16(10-20)19(27)24-28/h2-9,16,21,28H,10-11,20H2,1H3,(H,22,25)(H,23,26)(H,24,27)/t16-/m0/s1. The molecule has 3 amide bonds. The van der Waals surface area contributed by atoms with Gasteiger partial charge < -0.3 is 21.7 Å². The number of carbonyl (C=O) groups excluding carboxylic acids is 3. The van der Waals surface area contributed by atoms with E-state index < -0.39 is 17.9 Å². The van der Waals surface area contributed by atoms with Gasteiger partial charge in [-0.1, -0.05) is 24.3 Å². The minimum absolute atomic E-state index is 0.128. The molecule has 0 unspecified atom stereocenters. The van der Waals surface area contributed by atoms with E-state index in [1.807, 2.05) is 12.1 Å². The molecule has 0 saturated heterocycles. The van der Waals surface area contributed by atoms with Crippen LogP contribution in [-0.4, -0.2) is 49.1 Å². The molecule has 148 valence electrons. The van der Waals surface area contributed by atoms with Crippen molar-refractivity contribution in [2.45, 2.75) is 6.04 Å². The van der Waals surface area contributed by atoms with Crippen LogP contribution in [0.2, 0.25) is 0 Å². The zero-order valence-electron chi connectivity index (χ0n) is 15.4. The molecule has 1 atom stereocenters. The summed E-state index contributed by atoms with van der Waals surface area (Å²) < 4.78 is 0. The van der Waals surface area contributed by atoms with Gasteiger partial charge in [0.1, 0.15) is 6.04 Å². The number of hydrogen-bond donors (Lipinski definition) is 6. The normalized spacial score (nSPS) is 11.4. The van der Waals surface area contributed by atoms with Crippen molar-refractivity contribution in [2.24, 2.45) is 5.73 Å². The third-order valence-electron chi connectivity index (χ3n) is 3.95. The van der Waals surface area contributed by atoms with E-state index in [1.54, 1.807) is 43.4 Å². The zero-order valence-corrected chi connectivity index (χ0v) is 15.4. The summed E-state index contributed by atoms with van der Waals surface area (Å²) in [6, 6.07) is 13.1. The highest BCUT2D eigenvalue weighted by atomic mass is 16.5. The molecule has 0 aliphatic carbocycles. The highest BCUT2D eigenvalue weighted by molar-refractivity contribution is 5.98. The first kappa shape index (κ1) is 21.0. The minimum atomic E-state index is -1.03. The predicted octanol–water partition coefficient (Wildman–Crippen LogP) is 0.0740. The Kier molecular flexibility index (Phi) is 7.64. The van der Waals surface area contributed by atoms with Gasteiger partial charge in [0.25, 0.3) is 11.8 Å². The molecular formula is C19H23N5O4. The summed E-state index contributed by atoms with van der Waals surface area (Å²) >= 11 is 0. The van der Waals surface area contributed by atoms with Gasteiger partial charge in [0.2, 0.25) is 5.91 Å². The predicted molar refractivity (Wildman–Crippen MR) is 105 cm³/mol. The van der Waals surface area contributed by atoms with Crippen LogP contribution in [0.25, 0.3) is 11.1 Å². The summed E-state index contributed by atoms with van der Waals surface area (Å²) in [7, 11) is 1.70. The topological polar surface area (TPSA) is 146 Å². The molecule has 9 nitrogen and oxygen atoms in total. The first-order chi connectivity index (χ1) is 13.5. The van der Waals surface area contributed by atoms with Crippen LogP contribution in [0.1, 0.15) is 10.4 Å². The van der Waals surface area contributed by atoms with E-state index in [4.69, 9.17) is 10.9 Å². The zero-order chi connectivity index (χ0) is 20.5. The van der Waals surface area contributed by atoms with Crippen LogP contribution in [0.15, 0.2) is 48.5 Å². The number of nitrogens with one attached hydrogen (secondary N) is 4. The largest absolute Gasteiger partial charge is 0.339 e. The Morgan fingerprint density at radius 3 is 2.07 bits per heavy atom. The van der Waals surface area contributed by atoms with Crippen molar-refractivity contribution in [3.8, 4) is 11.1 Å². The molecule has 2 aromatic rings. The molecule has 9 heteroatoms. The number of nitrogens with two attached hydrogens (primary N) is 1. The maximum absolute atomic E-state index is 12.2. The lowest BCUT2D eigenvalue weighted by molar-refractivity contribution is -0.130. The van der Waals surface area contributed by atoms with Gasteiger partial charge in [-0.3, -0.25) is 19.6 Å². The quantitative estimate of drug-likeness (QED) is 0.280. The summed E-state index contributed by atoms with van der Waals surface area (Å²) in [4.78, 5) is 35.2. The molecule has 2 rings (SSSR count). The number of carbonyl (C=O) groups is 3. The van der Waals surface area contributed by atoms with Crippen molar-refractivity contribution in [3.63, 3.8) is 0 Å². The second kappa shape index (κ2) is 10.2. The second-order valence-corrected chi connectivity index (χ2v) is 5.97. The van der Waals surface area contributed by atoms with Gasteiger partial charge >= 0.3 is 0 Å². The van der Waals surface area contributed by atoms with Crippen LogP contribution < -0.4 is 27.2 Å². The first-order valence-corrected chi connectivity index (χ1v) is 8.58. The summed E-state index contributed by atoms with van der Waals surface area (Å²) in [5.41, 5.74) is 9.72. The van der Waals surface area contributed by atoms with Crippen LogP contribution in [0, 0.1) is 0 Å². The molecule has 0 spiro atoms. The summed E-state index contributed by atoms with van der Waals surface area (Å²) in [5.74, 6) is -1.39. The van der Waals surface area contributed by atoms with Crippen molar-refractivity contribution in [2.75, 3.05) is 25.5 Å². The average molecular weight is 385 g/mol. The van der Waals surface area contributed by atoms with E-state index in [1.165, 1.54) is 5.48 Å². The highest BCUT2D eigenvalue weighted by Gasteiger charge is 2.19. The minimum Gasteiger partial charge on any atom is -0.339 e. The Morgan fingerprint density at radius 2 is 1.57 bits per heavy atom. The fraction of sp³-hybridized carbons (Fsp3) is 0.211. The SMILES string of the molecule is CNCC(=O)Nc1ccc(-c2ccc(C(=O)N[C@@H](CN)C(=O)NO)cc2)cc1. The fourth-order valence-corrected chi connectivity index (χ4v) is 2.48. The van der Waals surface area contributed by atoms with E-state index >= 15 is 0 Å². The number of rotatable bonds is 8. The molecule has 28 heavy (non-hydrogen) atoms. The number of amides is 3. The average Bonchev–Trinajstić information content (AvgIpc) is 2.72. The molecule has 0 saturated carbocycles. The van der Waals surface area contributed by atoms with Crippen LogP contribution >= 0.6 is 0 Å². The molecule has 0 heterocycles. The summed E-state index contributed by atoms with van der Waals surface area (Å²) in [5, 5.41) is 16.6. The van der Waals surface area contributed by atoms with Crippen LogP contribution in [-0.2, 0) is 9.59 Å². The van der Waals surface area contributed by atoms with Gasteiger partial charge in [0.15, 0.2) is 0 Å². The van der Waals surface area contributed by atoms with Crippen molar-refractivity contribution in [1.29, 1.82) is 0 Å². The molecule has 0 aromatic heterocycles. The van der Waals surface area contributed by atoms with E-state index in [0.717, 1.165) is 11.1 Å². The van der Waals surface area contributed by atoms with Gasteiger partial charge in [-0.2, -0.15) is 0 Å². The van der Waals surface area contributed by atoms with Crippen LogP contribution in [0.5, 0.6) is 0 Å². The third-order valence-corrected chi connectivity index (χ3v) is 3.95. The molecule has 0 aliphatic rings. The van der Waals surface area contributed by atoms with E-state index in [9.17, 15) is 14.4 Å². The summed E-state index contributed by atoms with van der Waals surface area (Å²) in [6.07, 6.45) is 0. The third kappa shape index (κ3) is 5.61. The lowest BCUT2D eigenvalue weighted by Gasteiger charge is -2.14. The summed E-state index contributed by atoms with van der Waals surface area (Å²) in [6.45, 7) is 0.0870. The van der Waals surface area contributed by atoms with Crippen LogP contribution in [0.4, 0.5) is 5.69 Å². The molecule has 2 aromatic carbocycles. The number of hydroxylamine groups is 1.